The molecule has 0 spiro atoms. The number of rotatable bonds is 6. The third-order valence-corrected chi connectivity index (χ3v) is 6.19. The lowest BCUT2D eigenvalue weighted by atomic mass is 9.95. The Hall–Kier alpha value is -0.350. The van der Waals surface area contributed by atoms with Crippen molar-refractivity contribution in [2.45, 2.75) is 38.1 Å². The molecule has 0 aromatic rings. The van der Waals surface area contributed by atoms with Crippen LogP contribution < -0.4 is 10.7 Å². The van der Waals surface area contributed by atoms with Gasteiger partial charge in [-0.3, -0.25) is 19.9 Å². The Balaban J connectivity index is 0.00000280. The molecule has 0 aromatic carbocycles. The van der Waals surface area contributed by atoms with Gasteiger partial charge in [0.05, 0.1) is 13.5 Å². The predicted molar refractivity (Wildman–Crippen MR) is 125 cm³/mol. The van der Waals surface area contributed by atoms with E-state index in [1.54, 1.807) is 0 Å². The van der Waals surface area contributed by atoms with Crippen LogP contribution >= 0.6 is 37.2 Å². The molecular formula is C19H38Cl3N5O3. The van der Waals surface area contributed by atoms with Crippen molar-refractivity contribution in [2.75, 3.05) is 66.0 Å². The van der Waals surface area contributed by atoms with E-state index in [1.165, 1.54) is 20.0 Å². The van der Waals surface area contributed by atoms with E-state index in [1.807, 2.05) is 0 Å². The first-order valence-electron chi connectivity index (χ1n) is 10.5. The molecule has 11 heteroatoms. The number of nitrogens with one attached hydrogen (secondary N) is 2. The van der Waals surface area contributed by atoms with E-state index in [9.17, 15) is 9.59 Å². The van der Waals surface area contributed by atoms with Crippen LogP contribution in [-0.4, -0.2) is 98.7 Å². The number of carbonyl (C=O) groups is 2. The second-order valence-corrected chi connectivity index (χ2v) is 7.84. The molecule has 3 aliphatic rings. The zero-order valence-corrected chi connectivity index (χ0v) is 20.3. The summed E-state index contributed by atoms with van der Waals surface area (Å²) >= 11 is 0. The summed E-state index contributed by atoms with van der Waals surface area (Å²) in [6.45, 7) is 8.32. The van der Waals surface area contributed by atoms with Gasteiger partial charge in [-0.1, -0.05) is 0 Å². The van der Waals surface area contributed by atoms with Gasteiger partial charge >= 0.3 is 5.97 Å². The van der Waals surface area contributed by atoms with Crippen LogP contribution in [0.5, 0.6) is 0 Å². The largest absolute Gasteiger partial charge is 0.469 e. The molecule has 0 aliphatic carbocycles. The lowest BCUT2D eigenvalue weighted by molar-refractivity contribution is -0.140. The minimum atomic E-state index is -0.198. The van der Waals surface area contributed by atoms with Gasteiger partial charge in [0.1, 0.15) is 0 Å². The quantitative estimate of drug-likeness (QED) is 0.536. The van der Waals surface area contributed by atoms with Crippen LogP contribution in [0.25, 0.3) is 0 Å². The van der Waals surface area contributed by atoms with Gasteiger partial charge < -0.3 is 15.0 Å². The van der Waals surface area contributed by atoms with E-state index >= 15 is 0 Å². The first-order chi connectivity index (χ1) is 13.2. The smallest absolute Gasteiger partial charge is 0.306 e. The third-order valence-electron chi connectivity index (χ3n) is 6.19. The summed E-state index contributed by atoms with van der Waals surface area (Å²) in [4.78, 5) is 28.7. The highest BCUT2D eigenvalue weighted by Gasteiger charge is 2.32. The molecule has 0 saturated carbocycles. The summed E-state index contributed by atoms with van der Waals surface area (Å²) in [5.74, 6) is 0.291. The van der Waals surface area contributed by atoms with Crippen LogP contribution in [0.4, 0.5) is 0 Å². The lowest BCUT2D eigenvalue weighted by Crippen LogP contribution is -2.55. The Morgan fingerprint density at radius 1 is 0.933 bits per heavy atom. The van der Waals surface area contributed by atoms with Crippen molar-refractivity contribution in [3.05, 3.63) is 0 Å². The van der Waals surface area contributed by atoms with E-state index in [0.717, 1.165) is 65.2 Å². The number of piperidine rings is 2. The normalized spacial score (nSPS) is 21.7. The molecular weight excluding hydrogens is 453 g/mol. The summed E-state index contributed by atoms with van der Waals surface area (Å²) in [6.07, 6.45) is 4.61. The van der Waals surface area contributed by atoms with E-state index in [2.05, 4.69) is 30.3 Å². The predicted octanol–water partition coefficient (Wildman–Crippen LogP) is 0.928. The van der Waals surface area contributed by atoms with Gasteiger partial charge in [0.2, 0.25) is 5.91 Å². The summed E-state index contributed by atoms with van der Waals surface area (Å²) in [5.41, 5.74) is 3.26. The van der Waals surface area contributed by atoms with Crippen LogP contribution in [0.2, 0.25) is 0 Å². The van der Waals surface area contributed by atoms with Crippen molar-refractivity contribution < 1.29 is 14.3 Å². The summed E-state index contributed by atoms with van der Waals surface area (Å²) in [6, 6.07) is 0.697. The maximum absolute atomic E-state index is 12.9. The molecule has 178 valence electrons. The van der Waals surface area contributed by atoms with Gasteiger partial charge in [-0.15, -0.1) is 37.2 Å². The van der Waals surface area contributed by atoms with Crippen LogP contribution in [-0.2, 0) is 14.3 Å². The Morgan fingerprint density at radius 3 is 2.10 bits per heavy atom. The van der Waals surface area contributed by atoms with Crippen molar-refractivity contribution in [3.63, 3.8) is 0 Å². The second kappa shape index (κ2) is 15.5. The Kier molecular flexibility index (Phi) is 15.3. The number of hydrazine groups is 1. The van der Waals surface area contributed by atoms with Crippen LogP contribution in [0.15, 0.2) is 0 Å². The van der Waals surface area contributed by atoms with Crippen LogP contribution in [0.3, 0.4) is 0 Å². The molecule has 0 bridgehead atoms. The maximum atomic E-state index is 12.9. The monoisotopic (exact) mass is 489 g/mol. The summed E-state index contributed by atoms with van der Waals surface area (Å²) < 4.78 is 4.65. The molecule has 0 unspecified atom stereocenters. The molecule has 0 atom stereocenters. The highest BCUT2D eigenvalue weighted by atomic mass is 35.5. The zero-order valence-electron chi connectivity index (χ0n) is 17.8. The number of amides is 1. The highest BCUT2D eigenvalue weighted by Crippen LogP contribution is 2.21. The van der Waals surface area contributed by atoms with Crippen molar-refractivity contribution in [1.82, 2.24) is 25.6 Å². The first kappa shape index (κ1) is 29.7. The third kappa shape index (κ3) is 8.65. The van der Waals surface area contributed by atoms with Gasteiger partial charge in [0.25, 0.3) is 0 Å². The average molecular weight is 491 g/mol. The van der Waals surface area contributed by atoms with Gasteiger partial charge in [0.15, 0.2) is 0 Å². The van der Waals surface area contributed by atoms with Crippen molar-refractivity contribution >= 4 is 49.1 Å². The SMILES string of the molecule is COC(=O)CCNN1CCC(C(=O)N2CCN(C3CCNCC3)CC2)CC1.Cl.Cl.Cl. The van der Waals surface area contributed by atoms with Crippen LogP contribution in [0, 0.1) is 5.92 Å². The first-order valence-corrected chi connectivity index (χ1v) is 10.5. The number of halogens is 3. The number of esters is 1. The molecule has 0 radical (unpaired) electrons. The fourth-order valence-electron chi connectivity index (χ4n) is 4.44. The van der Waals surface area contributed by atoms with Crippen molar-refractivity contribution in [1.29, 1.82) is 0 Å². The molecule has 3 fully saturated rings. The molecule has 8 nitrogen and oxygen atoms in total. The number of piperazine rings is 1. The topological polar surface area (TPSA) is 77.2 Å². The average Bonchev–Trinajstić information content (AvgIpc) is 2.74. The maximum Gasteiger partial charge on any atom is 0.306 e. The van der Waals surface area contributed by atoms with Crippen molar-refractivity contribution in [2.24, 2.45) is 5.92 Å². The number of hydrogen-bond acceptors (Lipinski definition) is 7. The fourth-order valence-corrected chi connectivity index (χ4v) is 4.44. The fraction of sp³-hybridized carbons (Fsp3) is 0.895. The molecule has 3 saturated heterocycles. The number of ether oxygens (including phenoxy) is 1. The zero-order chi connectivity index (χ0) is 19.1. The standard InChI is InChI=1S/C19H35N5O3.3ClH/c1-27-18(25)4-9-21-24-10-5-16(6-11-24)19(26)23-14-12-22(13-15-23)17-2-7-20-8-3-17;;;/h16-17,20-21H,2-15H2,1H3;3*1H. The molecule has 3 heterocycles. The summed E-state index contributed by atoms with van der Waals surface area (Å²) in [7, 11) is 1.41. The molecule has 0 aromatic heterocycles. The van der Waals surface area contributed by atoms with E-state index in [0.29, 0.717) is 24.9 Å². The minimum Gasteiger partial charge on any atom is -0.469 e. The Bertz CT molecular complexity index is 496. The minimum absolute atomic E-state index is 0. The van der Waals surface area contributed by atoms with Gasteiger partial charge in [-0.25, -0.2) is 5.01 Å². The van der Waals surface area contributed by atoms with E-state index in [-0.39, 0.29) is 49.1 Å². The van der Waals surface area contributed by atoms with Gasteiger partial charge in [0, 0.05) is 57.8 Å². The lowest BCUT2D eigenvalue weighted by Gasteiger charge is -2.42. The second-order valence-electron chi connectivity index (χ2n) is 7.84. The van der Waals surface area contributed by atoms with E-state index < -0.39 is 0 Å². The number of hydrogen-bond donors (Lipinski definition) is 2. The number of nitrogens with zero attached hydrogens (tertiary/aromatic N) is 3. The Morgan fingerprint density at radius 2 is 1.53 bits per heavy atom. The van der Waals surface area contributed by atoms with Crippen LogP contribution in [0.1, 0.15) is 32.1 Å². The molecule has 30 heavy (non-hydrogen) atoms. The van der Waals surface area contributed by atoms with Gasteiger partial charge in [-0.05, 0) is 38.8 Å². The van der Waals surface area contributed by atoms with Gasteiger partial charge in [-0.2, -0.15) is 0 Å². The molecule has 3 aliphatic heterocycles. The molecule has 3 rings (SSSR count). The van der Waals surface area contributed by atoms with E-state index in [4.69, 9.17) is 0 Å². The molecule has 2 N–H and O–H groups in total. The molecule has 1 amide bonds. The summed E-state index contributed by atoms with van der Waals surface area (Å²) in [5, 5.41) is 5.55. The van der Waals surface area contributed by atoms with Crippen molar-refractivity contribution in [3.8, 4) is 0 Å². The number of carbonyl (C=O) groups excluding carboxylic acids is 2. The highest BCUT2D eigenvalue weighted by molar-refractivity contribution is 5.86. The Labute approximate surface area is 199 Å². The number of methoxy groups -OCH3 is 1.